The molecule has 0 N–H and O–H groups in total. The summed E-state index contributed by atoms with van der Waals surface area (Å²) >= 11 is 1.33. The zero-order chi connectivity index (χ0) is 21.3. The zero-order valence-corrected chi connectivity index (χ0v) is 18.2. The molecule has 4 rings (SSSR count). The molecule has 2 aromatic carbocycles. The molecule has 1 unspecified atom stereocenters. The molecule has 0 saturated carbocycles. The van der Waals surface area contributed by atoms with Crippen LogP contribution in [0.4, 0.5) is 0 Å². The molecular weight excluding hydrogens is 398 g/mol. The Balaban J connectivity index is 1.81. The Bertz CT molecular complexity index is 1150. The van der Waals surface area contributed by atoms with Gasteiger partial charge in [-0.05, 0) is 50.1 Å². The molecule has 1 atom stereocenters. The summed E-state index contributed by atoms with van der Waals surface area (Å²) in [5.41, 5.74) is 3.35. The molecule has 6 nitrogen and oxygen atoms in total. The lowest BCUT2D eigenvalue weighted by molar-refractivity contribution is -0.134. The molecule has 1 fully saturated rings. The molecular formula is C23H25N3O3S. The Morgan fingerprint density at radius 2 is 1.87 bits per heavy atom. The monoisotopic (exact) mass is 423 g/mol. The predicted molar refractivity (Wildman–Crippen MR) is 120 cm³/mol. The van der Waals surface area contributed by atoms with Crippen molar-refractivity contribution in [2.75, 3.05) is 26.3 Å². The van der Waals surface area contributed by atoms with Gasteiger partial charge in [-0.3, -0.25) is 14.2 Å². The third-order valence-electron chi connectivity index (χ3n) is 5.30. The Labute approximate surface area is 179 Å². The number of aromatic nitrogens is 2. The van der Waals surface area contributed by atoms with Crippen LogP contribution in [0, 0.1) is 13.8 Å². The van der Waals surface area contributed by atoms with E-state index in [0.717, 1.165) is 16.8 Å². The van der Waals surface area contributed by atoms with Crippen LogP contribution in [0.3, 0.4) is 0 Å². The van der Waals surface area contributed by atoms with Gasteiger partial charge in [-0.1, -0.05) is 36.0 Å². The molecule has 7 heteroatoms. The third-order valence-corrected chi connectivity index (χ3v) is 6.34. The topological polar surface area (TPSA) is 64.4 Å². The predicted octanol–water partition coefficient (Wildman–Crippen LogP) is 3.34. The van der Waals surface area contributed by atoms with Crippen LogP contribution < -0.4 is 5.56 Å². The van der Waals surface area contributed by atoms with Crippen LogP contribution in [0.15, 0.2) is 52.4 Å². The van der Waals surface area contributed by atoms with Crippen molar-refractivity contribution in [1.29, 1.82) is 0 Å². The van der Waals surface area contributed by atoms with E-state index >= 15 is 0 Å². The van der Waals surface area contributed by atoms with Crippen LogP contribution in [0.5, 0.6) is 0 Å². The van der Waals surface area contributed by atoms with Crippen LogP contribution in [-0.2, 0) is 9.53 Å². The van der Waals surface area contributed by atoms with Crippen molar-refractivity contribution < 1.29 is 9.53 Å². The number of morpholine rings is 1. The van der Waals surface area contributed by atoms with Gasteiger partial charge in [-0.2, -0.15) is 0 Å². The maximum Gasteiger partial charge on any atom is 0.266 e. The lowest BCUT2D eigenvalue weighted by Gasteiger charge is -2.29. The van der Waals surface area contributed by atoms with E-state index in [1.807, 2.05) is 62.1 Å². The van der Waals surface area contributed by atoms with Crippen LogP contribution in [0.2, 0.25) is 0 Å². The number of para-hydroxylation sites is 1. The highest BCUT2D eigenvalue weighted by molar-refractivity contribution is 8.00. The van der Waals surface area contributed by atoms with Crippen molar-refractivity contribution in [3.05, 3.63) is 63.9 Å². The molecule has 156 valence electrons. The quantitative estimate of drug-likeness (QED) is 0.476. The number of carbonyl (C=O) groups excluding carboxylic acids is 1. The second-order valence-corrected chi connectivity index (χ2v) is 8.85. The first kappa shape index (κ1) is 20.6. The standard InChI is InChI=1S/C23H25N3O3S/c1-15-8-9-16(2)20(14-15)26-22(28)18-6-4-5-7-19(18)24-23(26)30-17(3)21(27)25-10-12-29-13-11-25/h4-9,14,17H,10-13H2,1-3H3. The summed E-state index contributed by atoms with van der Waals surface area (Å²) < 4.78 is 7.01. The summed E-state index contributed by atoms with van der Waals surface area (Å²) in [5, 5.41) is 0.726. The fraction of sp³-hybridized carbons (Fsp3) is 0.348. The van der Waals surface area contributed by atoms with Gasteiger partial charge in [0.05, 0.1) is 35.1 Å². The molecule has 0 bridgehead atoms. The average Bonchev–Trinajstić information content (AvgIpc) is 2.76. The number of aryl methyl sites for hydroxylation is 2. The van der Waals surface area contributed by atoms with E-state index in [-0.39, 0.29) is 16.7 Å². The molecule has 0 radical (unpaired) electrons. The summed E-state index contributed by atoms with van der Waals surface area (Å²) in [6, 6.07) is 13.4. The minimum Gasteiger partial charge on any atom is -0.378 e. The number of hydrogen-bond acceptors (Lipinski definition) is 5. The van der Waals surface area contributed by atoms with Gasteiger partial charge in [-0.25, -0.2) is 4.98 Å². The third kappa shape index (κ3) is 4.00. The number of nitrogens with zero attached hydrogens (tertiary/aromatic N) is 3. The number of carbonyl (C=O) groups is 1. The van der Waals surface area contributed by atoms with E-state index in [9.17, 15) is 9.59 Å². The number of benzene rings is 2. The van der Waals surface area contributed by atoms with Gasteiger partial charge < -0.3 is 9.64 Å². The van der Waals surface area contributed by atoms with Crippen LogP contribution >= 0.6 is 11.8 Å². The maximum atomic E-state index is 13.5. The molecule has 1 aliphatic heterocycles. The van der Waals surface area contributed by atoms with Gasteiger partial charge in [0.1, 0.15) is 0 Å². The first-order chi connectivity index (χ1) is 14.5. The number of amides is 1. The molecule has 30 heavy (non-hydrogen) atoms. The zero-order valence-electron chi connectivity index (χ0n) is 17.4. The number of ether oxygens (including phenoxy) is 1. The molecule has 2 heterocycles. The van der Waals surface area contributed by atoms with Crippen molar-refractivity contribution in [2.45, 2.75) is 31.2 Å². The lowest BCUT2D eigenvalue weighted by atomic mass is 10.1. The highest BCUT2D eigenvalue weighted by Crippen LogP contribution is 2.27. The number of hydrogen-bond donors (Lipinski definition) is 0. The molecule has 1 amide bonds. The van der Waals surface area contributed by atoms with Crippen molar-refractivity contribution in [2.24, 2.45) is 0 Å². The summed E-state index contributed by atoms with van der Waals surface area (Å²) in [6.07, 6.45) is 0. The lowest BCUT2D eigenvalue weighted by Crippen LogP contribution is -2.44. The molecule has 1 aromatic heterocycles. The fourth-order valence-electron chi connectivity index (χ4n) is 3.61. The summed E-state index contributed by atoms with van der Waals surface area (Å²) in [7, 11) is 0. The van der Waals surface area contributed by atoms with Crippen LogP contribution in [0.25, 0.3) is 16.6 Å². The second kappa shape index (κ2) is 8.62. The average molecular weight is 424 g/mol. The van der Waals surface area contributed by atoms with E-state index in [4.69, 9.17) is 9.72 Å². The maximum absolute atomic E-state index is 13.5. The normalized spacial score (nSPS) is 15.4. The summed E-state index contributed by atoms with van der Waals surface area (Å²) in [5.74, 6) is 0.0400. The van der Waals surface area contributed by atoms with Crippen molar-refractivity contribution in [3.8, 4) is 5.69 Å². The van der Waals surface area contributed by atoms with Crippen LogP contribution in [-0.4, -0.2) is 51.9 Å². The van der Waals surface area contributed by atoms with Crippen molar-refractivity contribution in [1.82, 2.24) is 14.5 Å². The Kier molecular flexibility index (Phi) is 5.92. The van der Waals surface area contributed by atoms with E-state index in [2.05, 4.69) is 0 Å². The van der Waals surface area contributed by atoms with Gasteiger partial charge in [0.25, 0.3) is 5.56 Å². The van der Waals surface area contributed by atoms with Gasteiger partial charge in [0.2, 0.25) is 5.91 Å². The minimum atomic E-state index is -0.368. The van der Waals surface area contributed by atoms with E-state index < -0.39 is 0 Å². The highest BCUT2D eigenvalue weighted by atomic mass is 32.2. The van der Waals surface area contributed by atoms with E-state index in [1.165, 1.54) is 11.8 Å². The molecule has 1 aliphatic rings. The largest absolute Gasteiger partial charge is 0.378 e. The first-order valence-electron chi connectivity index (χ1n) is 10.1. The SMILES string of the molecule is Cc1ccc(C)c(-n2c(SC(C)C(=O)N3CCOCC3)nc3ccccc3c2=O)c1. The minimum absolute atomic E-state index is 0.0400. The van der Waals surface area contributed by atoms with Crippen LogP contribution in [0.1, 0.15) is 18.1 Å². The number of thioether (sulfide) groups is 1. The van der Waals surface area contributed by atoms with Gasteiger partial charge in [0, 0.05) is 13.1 Å². The first-order valence-corrected chi connectivity index (χ1v) is 11.0. The van der Waals surface area contributed by atoms with Gasteiger partial charge in [0.15, 0.2) is 5.16 Å². The molecule has 0 aliphatic carbocycles. The number of rotatable bonds is 4. The summed E-state index contributed by atoms with van der Waals surface area (Å²) in [6.45, 7) is 8.16. The highest BCUT2D eigenvalue weighted by Gasteiger charge is 2.26. The van der Waals surface area contributed by atoms with Crippen molar-refractivity contribution >= 4 is 28.6 Å². The van der Waals surface area contributed by atoms with Gasteiger partial charge >= 0.3 is 0 Å². The second-order valence-electron chi connectivity index (χ2n) is 7.54. The molecule has 1 saturated heterocycles. The van der Waals surface area contributed by atoms with E-state index in [0.29, 0.717) is 42.4 Å². The fourth-order valence-corrected chi connectivity index (χ4v) is 4.62. The van der Waals surface area contributed by atoms with E-state index in [1.54, 1.807) is 10.6 Å². The smallest absolute Gasteiger partial charge is 0.266 e. The number of fused-ring (bicyclic) bond motifs is 1. The Morgan fingerprint density at radius 3 is 2.63 bits per heavy atom. The Hall–Kier alpha value is -2.64. The Morgan fingerprint density at radius 1 is 1.13 bits per heavy atom. The molecule has 3 aromatic rings. The molecule has 0 spiro atoms. The van der Waals surface area contributed by atoms with Gasteiger partial charge in [-0.15, -0.1) is 0 Å². The summed E-state index contributed by atoms with van der Waals surface area (Å²) in [4.78, 5) is 33.0. The van der Waals surface area contributed by atoms with Crippen molar-refractivity contribution in [3.63, 3.8) is 0 Å².